The lowest BCUT2D eigenvalue weighted by Crippen LogP contribution is -2.40. The van der Waals surface area contributed by atoms with E-state index in [2.05, 4.69) is 0 Å². The number of ether oxygens (including phenoxy) is 1. The van der Waals surface area contributed by atoms with Gasteiger partial charge in [0, 0.05) is 19.7 Å². The van der Waals surface area contributed by atoms with Crippen LogP contribution in [0.2, 0.25) is 0 Å². The Morgan fingerprint density at radius 1 is 1.09 bits per heavy atom. The molecule has 7 heteroatoms. The van der Waals surface area contributed by atoms with E-state index in [1.165, 1.54) is 4.90 Å². The first-order valence-electron chi connectivity index (χ1n) is 11.2. The number of hydrogen-bond donors (Lipinski definition) is 1. The van der Waals surface area contributed by atoms with Crippen molar-refractivity contribution in [2.45, 2.75) is 32.8 Å². The average Bonchev–Trinajstić information content (AvgIpc) is 3.09. The van der Waals surface area contributed by atoms with Gasteiger partial charge in [0.15, 0.2) is 0 Å². The fourth-order valence-corrected chi connectivity index (χ4v) is 4.38. The second-order valence-electron chi connectivity index (χ2n) is 8.66. The molecule has 170 valence electrons. The number of piperidine rings is 1. The minimum Gasteiger partial charge on any atom is -0.491 e. The number of aliphatic hydroxyl groups is 1. The van der Waals surface area contributed by atoms with E-state index in [0.29, 0.717) is 46.9 Å². The van der Waals surface area contributed by atoms with Crippen LogP contribution in [0.25, 0.3) is 5.57 Å². The third-order valence-electron chi connectivity index (χ3n) is 5.92. The van der Waals surface area contributed by atoms with E-state index in [0.717, 1.165) is 12.8 Å². The summed E-state index contributed by atoms with van der Waals surface area (Å²) in [6.45, 7) is 5.09. The lowest BCUT2D eigenvalue weighted by molar-refractivity contribution is -0.120. The van der Waals surface area contributed by atoms with E-state index in [-0.39, 0.29) is 24.5 Å². The summed E-state index contributed by atoms with van der Waals surface area (Å²) in [5, 5.41) is 18.8. The van der Waals surface area contributed by atoms with Crippen LogP contribution >= 0.6 is 0 Å². The van der Waals surface area contributed by atoms with Crippen molar-refractivity contribution in [2.24, 2.45) is 5.92 Å². The Morgan fingerprint density at radius 3 is 2.39 bits per heavy atom. The minimum atomic E-state index is -0.400. The zero-order chi connectivity index (χ0) is 23.5. The highest BCUT2D eigenvalue weighted by Crippen LogP contribution is 2.37. The molecule has 2 aromatic rings. The Labute approximate surface area is 193 Å². The first-order chi connectivity index (χ1) is 15.9. The highest BCUT2D eigenvalue weighted by atomic mass is 16.5. The zero-order valence-electron chi connectivity index (χ0n) is 18.8. The number of carbonyl (C=O) groups is 2. The number of carbonyl (C=O) groups excluding carboxylic acids is 2. The molecule has 2 aliphatic rings. The number of amides is 2. The molecule has 33 heavy (non-hydrogen) atoms. The Morgan fingerprint density at radius 2 is 1.79 bits per heavy atom. The minimum absolute atomic E-state index is 0.0240. The topological polar surface area (TPSA) is 93.9 Å². The SMILES string of the molecule is CC(C)Oc1ccc(C2=C(N3CCCC(CO)C3)C(=O)N(c3ccc(C#N)cc3)C2=O)cc1. The number of rotatable bonds is 6. The van der Waals surface area contributed by atoms with Crippen LogP contribution < -0.4 is 9.64 Å². The van der Waals surface area contributed by atoms with Crippen LogP contribution in [0.4, 0.5) is 5.69 Å². The molecular weight excluding hydrogens is 418 g/mol. The van der Waals surface area contributed by atoms with Gasteiger partial charge in [0.05, 0.1) is 29.0 Å². The summed E-state index contributed by atoms with van der Waals surface area (Å²) >= 11 is 0. The van der Waals surface area contributed by atoms with Gasteiger partial charge in [-0.3, -0.25) is 9.59 Å². The Balaban J connectivity index is 1.76. The number of aliphatic hydroxyl groups excluding tert-OH is 1. The largest absolute Gasteiger partial charge is 0.491 e. The summed E-state index contributed by atoms with van der Waals surface area (Å²) in [4.78, 5) is 30.3. The van der Waals surface area contributed by atoms with Gasteiger partial charge in [-0.1, -0.05) is 12.1 Å². The van der Waals surface area contributed by atoms with Gasteiger partial charge in [-0.15, -0.1) is 0 Å². The van der Waals surface area contributed by atoms with Crippen molar-refractivity contribution in [1.29, 1.82) is 5.26 Å². The molecule has 0 bridgehead atoms. The van der Waals surface area contributed by atoms with E-state index in [9.17, 15) is 14.7 Å². The maximum atomic E-state index is 13.6. The van der Waals surface area contributed by atoms with Gasteiger partial charge < -0.3 is 14.7 Å². The fraction of sp³-hybridized carbons (Fsp3) is 0.346. The Kier molecular flexibility index (Phi) is 6.47. The lowest BCUT2D eigenvalue weighted by atomic mass is 9.97. The molecule has 2 heterocycles. The monoisotopic (exact) mass is 445 g/mol. The molecule has 4 rings (SSSR count). The number of benzene rings is 2. The Bertz CT molecular complexity index is 1110. The van der Waals surface area contributed by atoms with Crippen molar-refractivity contribution >= 4 is 23.1 Å². The molecule has 2 aromatic carbocycles. The summed E-state index contributed by atoms with van der Waals surface area (Å²) in [5.74, 6) is -0.0414. The molecule has 0 spiro atoms. The molecule has 0 radical (unpaired) electrons. The molecule has 0 saturated carbocycles. The number of nitriles is 1. The zero-order valence-corrected chi connectivity index (χ0v) is 18.8. The number of imide groups is 1. The predicted octanol–water partition coefficient (Wildman–Crippen LogP) is 3.33. The summed E-state index contributed by atoms with van der Waals surface area (Å²) < 4.78 is 5.72. The van der Waals surface area contributed by atoms with Crippen molar-refractivity contribution in [3.05, 3.63) is 65.4 Å². The average molecular weight is 446 g/mol. The van der Waals surface area contributed by atoms with Gasteiger partial charge in [0.25, 0.3) is 11.8 Å². The van der Waals surface area contributed by atoms with E-state index in [4.69, 9.17) is 10.00 Å². The molecule has 2 aliphatic heterocycles. The molecule has 1 N–H and O–H groups in total. The van der Waals surface area contributed by atoms with Crippen LogP contribution in [0.1, 0.15) is 37.8 Å². The standard InChI is InChI=1S/C26H27N3O4/c1-17(2)33-22-11-7-20(8-12-22)23-24(28-13-3-4-19(15-28)16-30)26(32)29(25(23)31)21-9-5-18(14-27)6-10-21/h5-12,17,19,30H,3-4,13,15-16H2,1-2H3. The maximum Gasteiger partial charge on any atom is 0.282 e. The Hall–Kier alpha value is -3.63. The highest BCUT2D eigenvalue weighted by Gasteiger charge is 2.43. The van der Waals surface area contributed by atoms with Crippen molar-refractivity contribution in [2.75, 3.05) is 24.6 Å². The summed E-state index contributed by atoms with van der Waals surface area (Å²) in [6.07, 6.45) is 1.75. The van der Waals surface area contributed by atoms with E-state index in [1.54, 1.807) is 48.5 Å². The van der Waals surface area contributed by atoms with E-state index < -0.39 is 5.91 Å². The van der Waals surface area contributed by atoms with E-state index >= 15 is 0 Å². The second-order valence-corrected chi connectivity index (χ2v) is 8.66. The quantitative estimate of drug-likeness (QED) is 0.686. The van der Waals surface area contributed by atoms with Crippen LogP contribution in [0.5, 0.6) is 5.75 Å². The summed E-state index contributed by atoms with van der Waals surface area (Å²) in [5.41, 5.74) is 2.22. The molecule has 0 aromatic heterocycles. The van der Waals surface area contributed by atoms with Crippen LogP contribution in [0, 0.1) is 17.2 Å². The van der Waals surface area contributed by atoms with Gasteiger partial charge in [-0.2, -0.15) is 5.26 Å². The van der Waals surface area contributed by atoms with Crippen LogP contribution in [0.3, 0.4) is 0 Å². The first-order valence-corrected chi connectivity index (χ1v) is 11.2. The molecule has 1 saturated heterocycles. The molecule has 1 fully saturated rings. The fourth-order valence-electron chi connectivity index (χ4n) is 4.38. The van der Waals surface area contributed by atoms with Gasteiger partial charge in [0.2, 0.25) is 0 Å². The number of likely N-dealkylation sites (tertiary alicyclic amines) is 1. The van der Waals surface area contributed by atoms with Crippen LogP contribution in [-0.4, -0.2) is 47.6 Å². The van der Waals surface area contributed by atoms with Crippen molar-refractivity contribution in [3.63, 3.8) is 0 Å². The first kappa shape index (κ1) is 22.6. The number of hydrogen-bond acceptors (Lipinski definition) is 6. The number of anilines is 1. The van der Waals surface area contributed by atoms with Crippen molar-refractivity contribution in [3.8, 4) is 11.8 Å². The summed E-state index contributed by atoms with van der Waals surface area (Å²) in [6, 6.07) is 15.7. The van der Waals surface area contributed by atoms with Gasteiger partial charge in [-0.05, 0) is 74.6 Å². The smallest absolute Gasteiger partial charge is 0.282 e. The van der Waals surface area contributed by atoms with Gasteiger partial charge >= 0.3 is 0 Å². The molecular formula is C26H27N3O4. The highest BCUT2D eigenvalue weighted by molar-refractivity contribution is 6.45. The van der Waals surface area contributed by atoms with Crippen molar-refractivity contribution in [1.82, 2.24) is 4.90 Å². The lowest BCUT2D eigenvalue weighted by Gasteiger charge is -2.34. The third kappa shape index (κ3) is 4.48. The number of nitrogens with zero attached hydrogens (tertiary/aromatic N) is 3. The molecule has 7 nitrogen and oxygen atoms in total. The predicted molar refractivity (Wildman–Crippen MR) is 124 cm³/mol. The maximum absolute atomic E-state index is 13.6. The molecule has 0 aliphatic carbocycles. The summed E-state index contributed by atoms with van der Waals surface area (Å²) in [7, 11) is 0. The van der Waals surface area contributed by atoms with Crippen LogP contribution in [0.15, 0.2) is 54.2 Å². The molecule has 2 amide bonds. The molecule has 1 unspecified atom stereocenters. The van der Waals surface area contributed by atoms with Crippen LogP contribution in [-0.2, 0) is 9.59 Å². The van der Waals surface area contributed by atoms with Gasteiger partial charge in [-0.25, -0.2) is 4.90 Å². The normalized spacial score (nSPS) is 18.8. The third-order valence-corrected chi connectivity index (χ3v) is 5.92. The second kappa shape index (κ2) is 9.47. The van der Waals surface area contributed by atoms with Crippen molar-refractivity contribution < 1.29 is 19.4 Å². The van der Waals surface area contributed by atoms with E-state index in [1.807, 2.05) is 24.8 Å². The molecule has 1 atom stereocenters. The van der Waals surface area contributed by atoms with Gasteiger partial charge in [0.1, 0.15) is 11.4 Å².